The smallest absolute Gasteiger partial charge is 0.363 e. The highest BCUT2D eigenvalue weighted by Gasteiger charge is 2.26. The number of esters is 1. The Morgan fingerprint density at radius 2 is 2.13 bits per heavy atom. The van der Waals surface area contributed by atoms with Crippen LogP contribution < -0.4 is 9.47 Å². The highest BCUT2D eigenvalue weighted by atomic mass is 16.6. The Kier molecular flexibility index (Phi) is 4.14. The van der Waals surface area contributed by atoms with Gasteiger partial charge in [0.15, 0.2) is 23.0 Å². The van der Waals surface area contributed by atoms with E-state index in [2.05, 4.69) is 4.99 Å². The van der Waals surface area contributed by atoms with Crippen LogP contribution in [0.25, 0.3) is 6.08 Å². The van der Waals surface area contributed by atoms with Gasteiger partial charge in [0.25, 0.3) is 5.90 Å². The van der Waals surface area contributed by atoms with Crippen LogP contribution in [0.4, 0.5) is 0 Å². The fraction of sp³-hybridized carbons (Fsp3) is 0.176. The van der Waals surface area contributed by atoms with Crippen molar-refractivity contribution in [1.82, 2.24) is 0 Å². The highest BCUT2D eigenvalue weighted by molar-refractivity contribution is 6.12. The predicted octanol–water partition coefficient (Wildman–Crippen LogP) is 3.03. The summed E-state index contributed by atoms with van der Waals surface area (Å²) in [5.41, 5.74) is 0.855. The first-order valence-electron chi connectivity index (χ1n) is 7.09. The summed E-state index contributed by atoms with van der Waals surface area (Å²) in [6, 6.07) is 8.78. The molecule has 6 heteroatoms. The molecule has 0 fully saturated rings. The molecule has 0 aliphatic carbocycles. The van der Waals surface area contributed by atoms with Crippen molar-refractivity contribution in [3.8, 4) is 11.5 Å². The summed E-state index contributed by atoms with van der Waals surface area (Å²) < 4.78 is 21.2. The summed E-state index contributed by atoms with van der Waals surface area (Å²) >= 11 is 0. The van der Waals surface area contributed by atoms with Crippen molar-refractivity contribution in [1.29, 1.82) is 0 Å². The lowest BCUT2D eigenvalue weighted by Crippen LogP contribution is -2.04. The Morgan fingerprint density at radius 1 is 1.26 bits per heavy atom. The summed E-state index contributed by atoms with van der Waals surface area (Å²) in [6.07, 6.45) is 3.09. The van der Waals surface area contributed by atoms with Crippen LogP contribution in [0.3, 0.4) is 0 Å². The molecule has 0 N–H and O–H groups in total. The Balaban J connectivity index is 2.00. The number of carbonyl (C=O) groups excluding carboxylic acids is 1. The van der Waals surface area contributed by atoms with Gasteiger partial charge < -0.3 is 18.6 Å². The molecule has 1 aliphatic heterocycles. The van der Waals surface area contributed by atoms with Crippen molar-refractivity contribution in [2.45, 2.75) is 6.92 Å². The van der Waals surface area contributed by atoms with E-state index >= 15 is 0 Å². The number of rotatable bonds is 5. The predicted molar refractivity (Wildman–Crippen MR) is 83.5 cm³/mol. The maximum Gasteiger partial charge on any atom is 0.363 e. The molecule has 0 spiro atoms. The van der Waals surface area contributed by atoms with E-state index in [1.165, 1.54) is 6.26 Å². The van der Waals surface area contributed by atoms with Crippen molar-refractivity contribution < 1.29 is 23.4 Å². The molecule has 0 amide bonds. The number of furan rings is 1. The lowest BCUT2D eigenvalue weighted by molar-refractivity contribution is -0.130. The fourth-order valence-electron chi connectivity index (χ4n) is 2.17. The molecule has 1 aliphatic rings. The van der Waals surface area contributed by atoms with E-state index in [0.29, 0.717) is 29.4 Å². The average molecular weight is 313 g/mol. The first kappa shape index (κ1) is 14.9. The first-order chi connectivity index (χ1) is 11.2. The normalized spacial score (nSPS) is 15.5. The van der Waals surface area contributed by atoms with E-state index in [1.54, 1.807) is 31.4 Å². The van der Waals surface area contributed by atoms with Gasteiger partial charge in [0.1, 0.15) is 0 Å². The Hall–Kier alpha value is -3.02. The number of benzene rings is 1. The number of cyclic esters (lactones) is 1. The molecular weight excluding hydrogens is 298 g/mol. The molecule has 0 atom stereocenters. The second-order valence-corrected chi connectivity index (χ2v) is 4.62. The number of ether oxygens (including phenoxy) is 3. The van der Waals surface area contributed by atoms with Gasteiger partial charge in [-0.2, -0.15) is 0 Å². The number of para-hydroxylation sites is 1. The zero-order valence-corrected chi connectivity index (χ0v) is 12.7. The minimum absolute atomic E-state index is 0.145. The van der Waals surface area contributed by atoms with Gasteiger partial charge in [-0.05, 0) is 31.2 Å². The van der Waals surface area contributed by atoms with Crippen molar-refractivity contribution in [2.75, 3.05) is 13.7 Å². The lowest BCUT2D eigenvalue weighted by atomic mass is 10.1. The van der Waals surface area contributed by atoms with Crippen LogP contribution in [0.15, 0.2) is 51.7 Å². The van der Waals surface area contributed by atoms with E-state index < -0.39 is 5.97 Å². The number of hydrogen-bond donors (Lipinski definition) is 0. The summed E-state index contributed by atoms with van der Waals surface area (Å²) in [7, 11) is 1.56. The number of hydrogen-bond acceptors (Lipinski definition) is 6. The molecule has 0 radical (unpaired) electrons. The summed E-state index contributed by atoms with van der Waals surface area (Å²) in [4.78, 5) is 16.2. The van der Waals surface area contributed by atoms with E-state index in [0.717, 1.165) is 0 Å². The van der Waals surface area contributed by atoms with Gasteiger partial charge >= 0.3 is 5.97 Å². The van der Waals surface area contributed by atoms with Crippen molar-refractivity contribution in [3.63, 3.8) is 0 Å². The maximum atomic E-state index is 12.0. The summed E-state index contributed by atoms with van der Waals surface area (Å²) in [6.45, 7) is 2.35. The Bertz CT molecular complexity index is 774. The van der Waals surface area contributed by atoms with Gasteiger partial charge in [0, 0.05) is 5.56 Å². The van der Waals surface area contributed by atoms with Crippen LogP contribution in [0.2, 0.25) is 0 Å². The molecule has 23 heavy (non-hydrogen) atoms. The van der Waals surface area contributed by atoms with Gasteiger partial charge in [0.05, 0.1) is 20.0 Å². The molecule has 3 rings (SSSR count). The van der Waals surface area contributed by atoms with Crippen molar-refractivity contribution in [3.05, 3.63) is 53.6 Å². The van der Waals surface area contributed by atoms with Crippen LogP contribution in [-0.4, -0.2) is 25.6 Å². The van der Waals surface area contributed by atoms with Crippen LogP contribution in [0, 0.1) is 0 Å². The number of aliphatic imine (C=N–C) groups is 1. The van der Waals surface area contributed by atoms with Gasteiger partial charge in [0.2, 0.25) is 0 Å². The summed E-state index contributed by atoms with van der Waals surface area (Å²) in [5, 5.41) is 0. The number of carbonyl (C=O) groups is 1. The fourth-order valence-corrected chi connectivity index (χ4v) is 2.17. The molecule has 1 aromatic carbocycles. The Morgan fingerprint density at radius 3 is 2.83 bits per heavy atom. The molecule has 0 bridgehead atoms. The van der Waals surface area contributed by atoms with E-state index in [1.807, 2.05) is 19.1 Å². The van der Waals surface area contributed by atoms with E-state index in [-0.39, 0.29) is 11.6 Å². The van der Waals surface area contributed by atoms with E-state index in [4.69, 9.17) is 18.6 Å². The SMILES string of the molecule is CCOc1c(/C=C2\N=C(c3ccco3)OC2=O)cccc1OC. The number of methoxy groups -OCH3 is 1. The number of nitrogens with zero attached hydrogens (tertiary/aromatic N) is 1. The average Bonchev–Trinajstić information content (AvgIpc) is 3.19. The molecule has 118 valence electrons. The van der Waals surface area contributed by atoms with Gasteiger partial charge in [-0.1, -0.05) is 12.1 Å². The summed E-state index contributed by atoms with van der Waals surface area (Å²) in [5.74, 6) is 1.15. The molecule has 1 aromatic heterocycles. The molecule has 0 saturated heterocycles. The molecule has 6 nitrogen and oxygen atoms in total. The zero-order valence-electron chi connectivity index (χ0n) is 12.7. The monoisotopic (exact) mass is 313 g/mol. The molecule has 2 heterocycles. The van der Waals surface area contributed by atoms with Crippen LogP contribution in [0.5, 0.6) is 11.5 Å². The lowest BCUT2D eigenvalue weighted by Gasteiger charge is -2.11. The molecule has 0 unspecified atom stereocenters. The topological polar surface area (TPSA) is 70.3 Å². The minimum atomic E-state index is -0.540. The van der Waals surface area contributed by atoms with Crippen LogP contribution >= 0.6 is 0 Å². The molecular formula is C17H15NO5. The highest BCUT2D eigenvalue weighted by Crippen LogP contribution is 2.33. The third kappa shape index (κ3) is 2.96. The maximum absolute atomic E-state index is 12.0. The van der Waals surface area contributed by atoms with Crippen molar-refractivity contribution in [2.24, 2.45) is 4.99 Å². The first-order valence-corrected chi connectivity index (χ1v) is 7.09. The third-order valence-corrected chi connectivity index (χ3v) is 3.16. The van der Waals surface area contributed by atoms with Gasteiger partial charge in [-0.25, -0.2) is 9.79 Å². The largest absolute Gasteiger partial charge is 0.493 e. The Labute approximate surface area is 133 Å². The van der Waals surface area contributed by atoms with Gasteiger partial charge in [-0.15, -0.1) is 0 Å². The van der Waals surface area contributed by atoms with Crippen molar-refractivity contribution >= 4 is 17.9 Å². The second kappa shape index (κ2) is 6.39. The zero-order chi connectivity index (χ0) is 16.2. The second-order valence-electron chi connectivity index (χ2n) is 4.62. The third-order valence-electron chi connectivity index (χ3n) is 3.16. The molecule has 0 saturated carbocycles. The molecule has 2 aromatic rings. The standard InChI is InChI=1S/C17H15NO5/c1-3-21-15-11(6-4-7-13(15)20-2)10-12-17(19)23-16(18-12)14-8-5-9-22-14/h4-10H,3H2,1-2H3/b12-10-. The minimum Gasteiger partial charge on any atom is -0.493 e. The van der Waals surface area contributed by atoms with Crippen LogP contribution in [0.1, 0.15) is 18.2 Å². The van der Waals surface area contributed by atoms with E-state index in [9.17, 15) is 4.79 Å². The van der Waals surface area contributed by atoms with Crippen LogP contribution in [-0.2, 0) is 9.53 Å². The quantitative estimate of drug-likeness (QED) is 0.627. The van der Waals surface area contributed by atoms with Gasteiger partial charge in [-0.3, -0.25) is 0 Å².